The van der Waals surface area contributed by atoms with Gasteiger partial charge in [-0.05, 0) is 41.1 Å². The molecule has 0 saturated carbocycles. The number of aromatic hydroxyl groups is 2. The molecule has 0 radical (unpaired) electrons. The third-order valence-electron chi connectivity index (χ3n) is 4.98. The van der Waals surface area contributed by atoms with Gasteiger partial charge in [0.2, 0.25) is 0 Å². The number of hydrogen-bond donors (Lipinski definition) is 2. The van der Waals surface area contributed by atoms with Gasteiger partial charge in [-0.1, -0.05) is 30.3 Å². The van der Waals surface area contributed by atoms with Gasteiger partial charge in [0.1, 0.15) is 11.5 Å². The number of phenolic OH excluding ortho intramolecular Hbond substituents is 2. The zero-order chi connectivity index (χ0) is 17.2. The molecule has 0 aliphatic carbocycles. The largest absolute Gasteiger partial charge is 0.508 e. The summed E-state index contributed by atoms with van der Waals surface area (Å²) in [5.74, 6) is 0.675. The van der Waals surface area contributed by atoms with Crippen LogP contribution in [0.4, 0.5) is 5.69 Å². The van der Waals surface area contributed by atoms with Crippen LogP contribution in [0.15, 0.2) is 60.7 Å². The van der Waals surface area contributed by atoms with E-state index in [9.17, 15) is 10.2 Å². The van der Waals surface area contributed by atoms with Gasteiger partial charge in [0, 0.05) is 44.0 Å². The minimum absolute atomic E-state index is 0.300. The molecule has 1 aliphatic rings. The van der Waals surface area contributed by atoms with Crippen LogP contribution >= 0.6 is 0 Å². The number of benzene rings is 3. The Hall–Kier alpha value is -2.72. The van der Waals surface area contributed by atoms with E-state index >= 15 is 0 Å². The highest BCUT2D eigenvalue weighted by molar-refractivity contribution is 5.87. The predicted molar refractivity (Wildman–Crippen MR) is 101 cm³/mol. The van der Waals surface area contributed by atoms with Gasteiger partial charge in [-0.15, -0.1) is 0 Å². The molecule has 3 aromatic carbocycles. The van der Waals surface area contributed by atoms with Gasteiger partial charge in [0.05, 0.1) is 0 Å². The van der Waals surface area contributed by atoms with Crippen molar-refractivity contribution in [2.24, 2.45) is 0 Å². The van der Waals surface area contributed by atoms with Crippen LogP contribution < -0.4 is 4.90 Å². The van der Waals surface area contributed by atoms with Crippen molar-refractivity contribution in [2.75, 3.05) is 31.1 Å². The van der Waals surface area contributed by atoms with Gasteiger partial charge >= 0.3 is 0 Å². The van der Waals surface area contributed by atoms with Crippen LogP contribution in [0.1, 0.15) is 5.56 Å². The molecular weight excluding hydrogens is 312 g/mol. The van der Waals surface area contributed by atoms with Crippen LogP contribution in [0.3, 0.4) is 0 Å². The van der Waals surface area contributed by atoms with E-state index in [2.05, 4.69) is 21.9 Å². The third-order valence-corrected chi connectivity index (χ3v) is 4.98. The molecule has 0 amide bonds. The Bertz CT molecular complexity index is 869. The summed E-state index contributed by atoms with van der Waals surface area (Å²) in [5.41, 5.74) is 2.15. The zero-order valence-corrected chi connectivity index (χ0v) is 14.1. The van der Waals surface area contributed by atoms with E-state index in [1.165, 1.54) is 0 Å². The van der Waals surface area contributed by atoms with Gasteiger partial charge in [-0.2, -0.15) is 0 Å². The summed E-state index contributed by atoms with van der Waals surface area (Å²) in [6, 6.07) is 19.4. The Morgan fingerprint density at radius 1 is 0.760 bits per heavy atom. The number of fused-ring (bicyclic) bond motifs is 1. The van der Waals surface area contributed by atoms with Crippen molar-refractivity contribution < 1.29 is 10.2 Å². The number of phenols is 2. The fourth-order valence-electron chi connectivity index (χ4n) is 3.54. The van der Waals surface area contributed by atoms with Crippen LogP contribution in [-0.4, -0.2) is 41.3 Å². The highest BCUT2D eigenvalue weighted by Gasteiger charge is 2.19. The first kappa shape index (κ1) is 15.8. The summed E-state index contributed by atoms with van der Waals surface area (Å²) in [7, 11) is 0. The highest BCUT2D eigenvalue weighted by Crippen LogP contribution is 2.29. The zero-order valence-electron chi connectivity index (χ0n) is 14.1. The predicted octanol–water partition coefficient (Wildman–Crippen LogP) is 3.57. The maximum atomic E-state index is 10.3. The quantitative estimate of drug-likeness (QED) is 0.769. The van der Waals surface area contributed by atoms with Crippen molar-refractivity contribution in [3.05, 3.63) is 66.2 Å². The summed E-state index contributed by atoms with van der Waals surface area (Å²) in [5, 5.41) is 22.1. The molecule has 4 heteroatoms. The molecule has 1 saturated heterocycles. The molecule has 1 fully saturated rings. The third kappa shape index (κ3) is 3.26. The average Bonchev–Trinajstić information content (AvgIpc) is 2.65. The van der Waals surface area contributed by atoms with Gasteiger partial charge in [0.15, 0.2) is 0 Å². The number of nitrogens with zero attached hydrogens (tertiary/aromatic N) is 2. The first-order valence-corrected chi connectivity index (χ1v) is 8.66. The first-order valence-electron chi connectivity index (χ1n) is 8.66. The van der Waals surface area contributed by atoms with Crippen molar-refractivity contribution in [1.82, 2.24) is 4.90 Å². The average molecular weight is 334 g/mol. The Labute approximate surface area is 147 Å². The SMILES string of the molecule is Oc1ccc(N2CCN(Cc3c(O)ccc4ccccc34)CC2)cc1. The summed E-state index contributed by atoms with van der Waals surface area (Å²) in [4.78, 5) is 4.72. The molecule has 1 aliphatic heterocycles. The lowest BCUT2D eigenvalue weighted by Gasteiger charge is -2.36. The van der Waals surface area contributed by atoms with E-state index in [-0.39, 0.29) is 0 Å². The smallest absolute Gasteiger partial charge is 0.120 e. The molecule has 25 heavy (non-hydrogen) atoms. The molecule has 128 valence electrons. The van der Waals surface area contributed by atoms with Gasteiger partial charge in [-0.3, -0.25) is 4.90 Å². The molecule has 1 heterocycles. The van der Waals surface area contributed by atoms with Crippen molar-refractivity contribution in [2.45, 2.75) is 6.54 Å². The minimum atomic E-state index is 0.300. The van der Waals surface area contributed by atoms with Crippen LogP contribution in [0.5, 0.6) is 11.5 Å². The topological polar surface area (TPSA) is 46.9 Å². The Balaban J connectivity index is 1.47. The lowest BCUT2D eigenvalue weighted by atomic mass is 10.0. The Kier molecular flexibility index (Phi) is 4.20. The van der Waals surface area contributed by atoms with E-state index < -0.39 is 0 Å². The second-order valence-electron chi connectivity index (χ2n) is 6.56. The first-order chi connectivity index (χ1) is 12.2. The van der Waals surface area contributed by atoms with Gasteiger partial charge in [0.25, 0.3) is 0 Å². The second-order valence-corrected chi connectivity index (χ2v) is 6.56. The van der Waals surface area contributed by atoms with Crippen molar-refractivity contribution in [3.8, 4) is 11.5 Å². The maximum absolute atomic E-state index is 10.3. The summed E-state index contributed by atoms with van der Waals surface area (Å²) in [6.45, 7) is 4.54. The molecule has 0 aromatic heterocycles. The molecule has 2 N–H and O–H groups in total. The standard InChI is InChI=1S/C21H22N2O2/c24-18-8-6-17(7-9-18)23-13-11-22(12-14-23)15-20-19-4-2-1-3-16(19)5-10-21(20)25/h1-10,24-25H,11-15H2. The molecule has 0 atom stereocenters. The molecule has 4 rings (SSSR count). The summed E-state index contributed by atoms with van der Waals surface area (Å²) in [6.07, 6.45) is 0. The number of rotatable bonds is 3. The van der Waals surface area contributed by atoms with E-state index in [0.29, 0.717) is 11.5 Å². The molecule has 3 aromatic rings. The van der Waals surface area contributed by atoms with Gasteiger partial charge in [-0.25, -0.2) is 0 Å². The molecular formula is C21H22N2O2. The minimum Gasteiger partial charge on any atom is -0.508 e. The molecule has 0 spiro atoms. The fourth-order valence-corrected chi connectivity index (χ4v) is 3.54. The van der Waals surface area contributed by atoms with Crippen molar-refractivity contribution >= 4 is 16.5 Å². The molecule has 0 bridgehead atoms. The van der Waals surface area contributed by atoms with Crippen molar-refractivity contribution in [3.63, 3.8) is 0 Å². The lowest BCUT2D eigenvalue weighted by Crippen LogP contribution is -2.45. The van der Waals surface area contributed by atoms with Crippen LogP contribution in [0.25, 0.3) is 10.8 Å². The monoisotopic (exact) mass is 334 g/mol. The van der Waals surface area contributed by atoms with Crippen LogP contribution in [-0.2, 0) is 6.54 Å². The van der Waals surface area contributed by atoms with Crippen LogP contribution in [0, 0.1) is 0 Å². The normalized spacial score (nSPS) is 15.6. The fraction of sp³-hybridized carbons (Fsp3) is 0.238. The highest BCUT2D eigenvalue weighted by atomic mass is 16.3. The Morgan fingerprint density at radius 3 is 2.24 bits per heavy atom. The van der Waals surface area contributed by atoms with Crippen molar-refractivity contribution in [1.29, 1.82) is 0 Å². The molecule has 0 unspecified atom stereocenters. The van der Waals surface area contributed by atoms with E-state index in [4.69, 9.17) is 0 Å². The molecule has 4 nitrogen and oxygen atoms in total. The number of anilines is 1. The summed E-state index contributed by atoms with van der Waals surface area (Å²) < 4.78 is 0. The van der Waals surface area contributed by atoms with E-state index in [1.54, 1.807) is 18.2 Å². The van der Waals surface area contributed by atoms with Crippen LogP contribution in [0.2, 0.25) is 0 Å². The second kappa shape index (κ2) is 6.65. The van der Waals surface area contributed by atoms with E-state index in [0.717, 1.165) is 54.7 Å². The maximum Gasteiger partial charge on any atom is 0.120 e. The number of piperazine rings is 1. The summed E-state index contributed by atoms with van der Waals surface area (Å²) >= 11 is 0. The lowest BCUT2D eigenvalue weighted by molar-refractivity contribution is 0.247. The number of hydrogen-bond acceptors (Lipinski definition) is 4. The van der Waals surface area contributed by atoms with Gasteiger partial charge < -0.3 is 15.1 Å². The van der Waals surface area contributed by atoms with E-state index in [1.807, 2.05) is 30.3 Å². The Morgan fingerprint density at radius 2 is 1.48 bits per heavy atom.